The van der Waals surface area contributed by atoms with Crippen LogP contribution in [0.5, 0.6) is 0 Å². The molecule has 140 valence electrons. The number of rotatable bonds is 7. The van der Waals surface area contributed by atoms with E-state index in [0.29, 0.717) is 17.4 Å². The number of carbonyl (C=O) groups is 1. The lowest BCUT2D eigenvalue weighted by Crippen LogP contribution is -2.41. The summed E-state index contributed by atoms with van der Waals surface area (Å²) in [6.07, 6.45) is 0. The first-order valence-corrected chi connectivity index (χ1v) is 9.58. The van der Waals surface area contributed by atoms with Crippen LogP contribution in [-0.4, -0.2) is 69.3 Å². The maximum absolute atomic E-state index is 12.3. The van der Waals surface area contributed by atoms with Crippen molar-refractivity contribution >= 4 is 33.8 Å². The summed E-state index contributed by atoms with van der Waals surface area (Å²) in [7, 11) is 4.00. The van der Waals surface area contributed by atoms with Crippen molar-refractivity contribution in [2.24, 2.45) is 0 Å². The number of hydrogen-bond donors (Lipinski definition) is 2. The summed E-state index contributed by atoms with van der Waals surface area (Å²) in [6.45, 7) is 4.83. The molecule has 0 saturated carbocycles. The lowest BCUT2D eigenvalue weighted by atomic mass is 10.2. The summed E-state index contributed by atoms with van der Waals surface area (Å²) in [5.41, 5.74) is 2.50. The minimum absolute atomic E-state index is 0.135. The van der Waals surface area contributed by atoms with Crippen molar-refractivity contribution in [1.82, 2.24) is 15.2 Å². The molecule has 8 heteroatoms. The smallest absolute Gasteiger partial charge is 0.270 e. The molecule has 1 amide bonds. The van der Waals surface area contributed by atoms with Gasteiger partial charge in [0.25, 0.3) is 5.91 Å². The van der Waals surface area contributed by atoms with E-state index in [2.05, 4.69) is 20.5 Å². The van der Waals surface area contributed by atoms with E-state index < -0.39 is 0 Å². The van der Waals surface area contributed by atoms with Crippen LogP contribution in [0.15, 0.2) is 29.6 Å². The van der Waals surface area contributed by atoms with Gasteiger partial charge < -0.3 is 20.3 Å². The molecule has 2 N–H and O–H groups in total. The molecule has 1 aromatic heterocycles. The van der Waals surface area contributed by atoms with Crippen LogP contribution in [0.4, 0.5) is 16.5 Å². The average Bonchev–Trinajstić information content (AvgIpc) is 3.11. The fraction of sp³-hybridized carbons (Fsp3) is 0.444. The van der Waals surface area contributed by atoms with Crippen molar-refractivity contribution in [3.63, 3.8) is 0 Å². The Hall–Kier alpha value is -2.16. The second-order valence-electron chi connectivity index (χ2n) is 6.32. The van der Waals surface area contributed by atoms with Crippen LogP contribution in [0.2, 0.25) is 0 Å². The topological polar surface area (TPSA) is 69.7 Å². The first-order valence-electron chi connectivity index (χ1n) is 8.70. The number of amides is 1. The van der Waals surface area contributed by atoms with E-state index in [9.17, 15) is 4.79 Å². The fourth-order valence-electron chi connectivity index (χ4n) is 2.66. The molecule has 1 fully saturated rings. The highest BCUT2D eigenvalue weighted by atomic mass is 32.1. The van der Waals surface area contributed by atoms with E-state index in [4.69, 9.17) is 4.74 Å². The van der Waals surface area contributed by atoms with Crippen molar-refractivity contribution in [3.05, 3.63) is 35.3 Å². The first kappa shape index (κ1) is 18.6. The Kier molecular flexibility index (Phi) is 6.43. The van der Waals surface area contributed by atoms with E-state index in [1.807, 2.05) is 43.3 Å². The Labute approximate surface area is 158 Å². The molecule has 1 aromatic carbocycles. The molecule has 7 nitrogen and oxygen atoms in total. The van der Waals surface area contributed by atoms with E-state index in [0.717, 1.165) is 44.2 Å². The second kappa shape index (κ2) is 8.98. The molecule has 3 rings (SSSR count). The van der Waals surface area contributed by atoms with E-state index in [1.54, 1.807) is 5.38 Å². The highest BCUT2D eigenvalue weighted by molar-refractivity contribution is 7.14. The third kappa shape index (κ3) is 5.17. The molecule has 0 atom stereocenters. The number of carbonyl (C=O) groups excluding carboxylic acids is 1. The van der Waals surface area contributed by atoms with Crippen molar-refractivity contribution in [3.8, 4) is 0 Å². The van der Waals surface area contributed by atoms with Crippen LogP contribution >= 0.6 is 11.3 Å². The van der Waals surface area contributed by atoms with Gasteiger partial charge in [0, 0.05) is 57.0 Å². The van der Waals surface area contributed by atoms with E-state index >= 15 is 0 Å². The molecule has 26 heavy (non-hydrogen) atoms. The Morgan fingerprint density at radius 2 is 2.15 bits per heavy atom. The lowest BCUT2D eigenvalue weighted by molar-refractivity contribution is 0.0383. The average molecular weight is 375 g/mol. The molecule has 0 bridgehead atoms. The van der Waals surface area contributed by atoms with Gasteiger partial charge >= 0.3 is 0 Å². The van der Waals surface area contributed by atoms with Gasteiger partial charge in [0.05, 0.1) is 13.2 Å². The highest BCUT2D eigenvalue weighted by Crippen LogP contribution is 2.24. The van der Waals surface area contributed by atoms with Crippen LogP contribution in [-0.2, 0) is 4.74 Å². The molecule has 0 spiro atoms. The van der Waals surface area contributed by atoms with Gasteiger partial charge in [0.15, 0.2) is 5.13 Å². The molecule has 0 radical (unpaired) electrons. The second-order valence-corrected chi connectivity index (χ2v) is 7.18. The number of ether oxygens (including phenoxy) is 1. The van der Waals surface area contributed by atoms with E-state index in [-0.39, 0.29) is 5.91 Å². The standard InChI is InChI=1S/C18H25N5O2S/c1-22(2)15-5-3-4-14(12-15)20-18-21-16(13-26-18)17(24)19-6-7-23-8-10-25-11-9-23/h3-5,12-13H,6-11H2,1-2H3,(H,19,24)(H,20,21). The monoisotopic (exact) mass is 375 g/mol. The Bertz CT molecular complexity index is 728. The summed E-state index contributed by atoms with van der Waals surface area (Å²) in [4.78, 5) is 21.0. The van der Waals surface area contributed by atoms with Gasteiger partial charge in [-0.25, -0.2) is 4.98 Å². The van der Waals surface area contributed by atoms with Crippen molar-refractivity contribution in [2.45, 2.75) is 0 Å². The number of nitrogens with one attached hydrogen (secondary N) is 2. The summed E-state index contributed by atoms with van der Waals surface area (Å²) in [5, 5.41) is 8.68. The number of anilines is 3. The van der Waals surface area contributed by atoms with Gasteiger partial charge in [0.2, 0.25) is 0 Å². The number of nitrogens with zero attached hydrogens (tertiary/aromatic N) is 3. The van der Waals surface area contributed by atoms with Gasteiger partial charge in [-0.2, -0.15) is 0 Å². The highest BCUT2D eigenvalue weighted by Gasteiger charge is 2.13. The van der Waals surface area contributed by atoms with Crippen LogP contribution in [0.25, 0.3) is 0 Å². The minimum atomic E-state index is -0.135. The third-order valence-electron chi connectivity index (χ3n) is 4.17. The number of thiazole rings is 1. The molecular weight excluding hydrogens is 350 g/mol. The summed E-state index contributed by atoms with van der Waals surface area (Å²) in [5.74, 6) is -0.135. The van der Waals surface area contributed by atoms with Gasteiger partial charge in [-0.1, -0.05) is 6.07 Å². The molecule has 2 heterocycles. The number of morpholine rings is 1. The zero-order valence-corrected chi connectivity index (χ0v) is 16.0. The summed E-state index contributed by atoms with van der Waals surface area (Å²) >= 11 is 1.42. The van der Waals surface area contributed by atoms with Crippen LogP contribution in [0, 0.1) is 0 Å². The first-order chi connectivity index (χ1) is 12.6. The van der Waals surface area contributed by atoms with E-state index in [1.165, 1.54) is 11.3 Å². The Morgan fingerprint density at radius 1 is 1.35 bits per heavy atom. The molecule has 1 aliphatic rings. The maximum Gasteiger partial charge on any atom is 0.270 e. The predicted octanol–water partition coefficient (Wildman–Crippen LogP) is 2.01. The van der Waals surface area contributed by atoms with Crippen molar-refractivity contribution < 1.29 is 9.53 Å². The summed E-state index contributed by atoms with van der Waals surface area (Å²) < 4.78 is 5.32. The van der Waals surface area contributed by atoms with Gasteiger partial charge in [-0.15, -0.1) is 11.3 Å². The zero-order valence-electron chi connectivity index (χ0n) is 15.2. The zero-order chi connectivity index (χ0) is 18.4. The number of aromatic nitrogens is 1. The maximum atomic E-state index is 12.3. The predicted molar refractivity (Wildman–Crippen MR) is 106 cm³/mol. The number of benzene rings is 1. The number of hydrogen-bond acceptors (Lipinski definition) is 7. The minimum Gasteiger partial charge on any atom is -0.379 e. The molecule has 2 aromatic rings. The largest absolute Gasteiger partial charge is 0.379 e. The quantitative estimate of drug-likeness (QED) is 0.772. The summed E-state index contributed by atoms with van der Waals surface area (Å²) in [6, 6.07) is 8.06. The van der Waals surface area contributed by atoms with Gasteiger partial charge in [-0.05, 0) is 18.2 Å². The lowest BCUT2D eigenvalue weighted by Gasteiger charge is -2.26. The Morgan fingerprint density at radius 3 is 2.92 bits per heavy atom. The molecule has 0 unspecified atom stereocenters. The van der Waals surface area contributed by atoms with Crippen LogP contribution < -0.4 is 15.5 Å². The van der Waals surface area contributed by atoms with Gasteiger partial charge in [0.1, 0.15) is 5.69 Å². The van der Waals surface area contributed by atoms with Crippen molar-refractivity contribution in [1.29, 1.82) is 0 Å². The van der Waals surface area contributed by atoms with Crippen LogP contribution in [0.1, 0.15) is 10.5 Å². The van der Waals surface area contributed by atoms with Crippen LogP contribution in [0.3, 0.4) is 0 Å². The SMILES string of the molecule is CN(C)c1cccc(Nc2nc(C(=O)NCCN3CCOCC3)cs2)c1. The fourth-order valence-corrected chi connectivity index (χ4v) is 3.37. The third-order valence-corrected chi connectivity index (χ3v) is 4.93. The van der Waals surface area contributed by atoms with Gasteiger partial charge in [-0.3, -0.25) is 9.69 Å². The molecular formula is C18H25N5O2S. The normalized spacial score (nSPS) is 14.8. The molecule has 1 saturated heterocycles. The molecule has 0 aliphatic carbocycles. The Balaban J connectivity index is 1.50. The van der Waals surface area contributed by atoms with Crippen molar-refractivity contribution in [2.75, 3.05) is 63.7 Å². The molecule has 1 aliphatic heterocycles.